The zero-order valence-corrected chi connectivity index (χ0v) is 9.08. The Morgan fingerprint density at radius 2 is 2.00 bits per heavy atom. The number of hydrogen-bond donors (Lipinski definition) is 0. The molecule has 0 bridgehead atoms. The lowest BCUT2D eigenvalue weighted by atomic mass is 10.3. The van der Waals surface area contributed by atoms with E-state index in [4.69, 9.17) is 11.6 Å². The third-order valence-corrected chi connectivity index (χ3v) is 2.19. The van der Waals surface area contributed by atoms with Crippen molar-refractivity contribution >= 4 is 11.6 Å². The highest BCUT2D eigenvalue weighted by molar-refractivity contribution is 6.25. The summed E-state index contributed by atoms with van der Waals surface area (Å²) in [6, 6.07) is 9.11. The van der Waals surface area contributed by atoms with Gasteiger partial charge in [-0.3, -0.25) is 0 Å². The number of para-hydroxylation sites is 1. The normalized spacial score (nSPS) is 11.1. The Labute approximate surface area is 96.6 Å². The van der Waals surface area contributed by atoms with Crippen LogP contribution in [0.1, 0.15) is 0 Å². The van der Waals surface area contributed by atoms with Gasteiger partial charge in [0, 0.05) is 5.54 Å². The number of hydrogen-bond acceptors (Lipinski definition) is 3. The Morgan fingerprint density at radius 1 is 1.25 bits per heavy atom. The first-order valence-corrected chi connectivity index (χ1v) is 5.10. The summed E-state index contributed by atoms with van der Waals surface area (Å²) < 4.78 is 2.47. The molecule has 0 saturated heterocycles. The second kappa shape index (κ2) is 4.76. The minimum atomic E-state index is -0.291. The van der Waals surface area contributed by atoms with Crippen molar-refractivity contribution in [3.8, 4) is 5.69 Å². The maximum Gasteiger partial charge on any atom is 0.368 e. The van der Waals surface area contributed by atoms with E-state index in [2.05, 4.69) is 10.4 Å². The molecule has 0 amide bonds. The SMILES string of the molecule is O=c1n(C/C=C/Cl)nnn1-c1ccccc1. The Balaban J connectivity index is 2.38. The molecule has 5 nitrogen and oxygen atoms in total. The van der Waals surface area contributed by atoms with E-state index in [-0.39, 0.29) is 5.69 Å². The van der Waals surface area contributed by atoms with Crippen molar-refractivity contribution in [1.29, 1.82) is 0 Å². The van der Waals surface area contributed by atoms with Gasteiger partial charge in [0.25, 0.3) is 0 Å². The predicted molar refractivity (Wildman–Crippen MR) is 60.6 cm³/mol. The summed E-state index contributed by atoms with van der Waals surface area (Å²) in [5, 5.41) is 7.52. The molecule has 0 atom stereocenters. The number of halogens is 1. The minimum Gasteiger partial charge on any atom is -0.244 e. The summed E-state index contributed by atoms with van der Waals surface area (Å²) >= 11 is 5.38. The molecule has 16 heavy (non-hydrogen) atoms. The van der Waals surface area contributed by atoms with Gasteiger partial charge < -0.3 is 0 Å². The Hall–Kier alpha value is -1.88. The fraction of sp³-hybridized carbons (Fsp3) is 0.100. The Kier molecular flexibility index (Phi) is 3.16. The van der Waals surface area contributed by atoms with Crippen molar-refractivity contribution < 1.29 is 0 Å². The third kappa shape index (κ3) is 2.04. The molecular formula is C10H9ClN4O. The van der Waals surface area contributed by atoms with E-state index >= 15 is 0 Å². The number of allylic oxidation sites excluding steroid dienone is 1. The lowest BCUT2D eigenvalue weighted by Gasteiger charge is -1.95. The molecule has 0 N–H and O–H groups in total. The van der Waals surface area contributed by atoms with Crippen LogP contribution >= 0.6 is 11.6 Å². The van der Waals surface area contributed by atoms with Gasteiger partial charge in [-0.25, -0.2) is 4.79 Å². The van der Waals surface area contributed by atoms with E-state index in [1.807, 2.05) is 18.2 Å². The monoisotopic (exact) mass is 236 g/mol. The summed E-state index contributed by atoms with van der Waals surface area (Å²) in [5.74, 6) is 0. The molecule has 2 rings (SSSR count). The molecule has 0 aliphatic carbocycles. The number of aromatic nitrogens is 4. The van der Waals surface area contributed by atoms with Crippen molar-refractivity contribution in [3.63, 3.8) is 0 Å². The molecule has 0 spiro atoms. The van der Waals surface area contributed by atoms with E-state index in [1.54, 1.807) is 18.2 Å². The van der Waals surface area contributed by atoms with Gasteiger partial charge in [-0.15, -0.1) is 0 Å². The van der Waals surface area contributed by atoms with Gasteiger partial charge in [-0.1, -0.05) is 35.9 Å². The summed E-state index contributed by atoms with van der Waals surface area (Å²) in [7, 11) is 0. The first kappa shape index (κ1) is 10.6. The largest absolute Gasteiger partial charge is 0.368 e. The van der Waals surface area contributed by atoms with Gasteiger partial charge in [0.05, 0.1) is 12.2 Å². The Bertz CT molecular complexity index is 543. The van der Waals surface area contributed by atoms with Crippen molar-refractivity contribution in [2.24, 2.45) is 0 Å². The fourth-order valence-corrected chi connectivity index (χ4v) is 1.34. The van der Waals surface area contributed by atoms with Crippen LogP contribution in [0.3, 0.4) is 0 Å². The zero-order valence-electron chi connectivity index (χ0n) is 8.32. The maximum absolute atomic E-state index is 11.8. The molecule has 0 saturated carbocycles. The number of tetrazole rings is 1. The average molecular weight is 237 g/mol. The van der Waals surface area contributed by atoms with Crippen molar-refractivity contribution in [1.82, 2.24) is 19.8 Å². The highest BCUT2D eigenvalue weighted by Gasteiger charge is 2.06. The summed E-state index contributed by atoms with van der Waals surface area (Å²) in [4.78, 5) is 11.8. The second-order valence-corrected chi connectivity index (χ2v) is 3.30. The molecule has 82 valence electrons. The molecule has 2 aromatic rings. The van der Waals surface area contributed by atoms with Crippen LogP contribution in [0.15, 0.2) is 46.7 Å². The van der Waals surface area contributed by atoms with Crippen LogP contribution in [-0.2, 0) is 6.54 Å². The Morgan fingerprint density at radius 3 is 2.69 bits per heavy atom. The molecular weight excluding hydrogens is 228 g/mol. The van der Waals surface area contributed by atoms with Crippen LogP contribution in [0.4, 0.5) is 0 Å². The van der Waals surface area contributed by atoms with Gasteiger partial charge >= 0.3 is 5.69 Å². The topological polar surface area (TPSA) is 52.7 Å². The van der Waals surface area contributed by atoms with Gasteiger partial charge in [0.2, 0.25) is 0 Å². The van der Waals surface area contributed by atoms with Crippen LogP contribution in [0.25, 0.3) is 5.69 Å². The van der Waals surface area contributed by atoms with Crippen LogP contribution < -0.4 is 5.69 Å². The maximum atomic E-state index is 11.8. The first-order valence-electron chi connectivity index (χ1n) is 4.66. The van der Waals surface area contributed by atoms with Crippen LogP contribution in [0.5, 0.6) is 0 Å². The molecule has 0 fully saturated rings. The quantitative estimate of drug-likeness (QED) is 0.804. The average Bonchev–Trinajstić information content (AvgIpc) is 2.69. The van der Waals surface area contributed by atoms with E-state index < -0.39 is 0 Å². The highest BCUT2D eigenvalue weighted by Crippen LogP contribution is 2.00. The van der Waals surface area contributed by atoms with Crippen molar-refractivity contribution in [2.45, 2.75) is 6.54 Å². The molecule has 0 radical (unpaired) electrons. The predicted octanol–water partition coefficient (Wildman–Crippen LogP) is 1.18. The van der Waals surface area contributed by atoms with Crippen LogP contribution in [0, 0.1) is 0 Å². The van der Waals surface area contributed by atoms with Gasteiger partial charge in [0.15, 0.2) is 0 Å². The van der Waals surface area contributed by atoms with Gasteiger partial charge in [-0.05, 0) is 22.6 Å². The second-order valence-electron chi connectivity index (χ2n) is 3.05. The number of nitrogens with zero attached hydrogens (tertiary/aromatic N) is 4. The third-order valence-electron chi connectivity index (χ3n) is 2.01. The van der Waals surface area contributed by atoms with Crippen molar-refractivity contribution in [3.05, 3.63) is 52.4 Å². The molecule has 1 aromatic heterocycles. The number of benzene rings is 1. The van der Waals surface area contributed by atoms with Gasteiger partial charge in [0.1, 0.15) is 0 Å². The van der Waals surface area contributed by atoms with Crippen molar-refractivity contribution in [2.75, 3.05) is 0 Å². The molecule has 1 heterocycles. The van der Waals surface area contributed by atoms with Crippen LogP contribution in [0.2, 0.25) is 0 Å². The smallest absolute Gasteiger partial charge is 0.244 e. The van der Waals surface area contributed by atoms with Gasteiger partial charge in [-0.2, -0.15) is 9.36 Å². The molecule has 0 unspecified atom stereocenters. The molecule has 0 aliphatic rings. The lowest BCUT2D eigenvalue weighted by Crippen LogP contribution is -2.23. The minimum absolute atomic E-state index is 0.291. The van der Waals surface area contributed by atoms with E-state index in [9.17, 15) is 4.79 Å². The lowest BCUT2D eigenvalue weighted by molar-refractivity contribution is 0.643. The number of rotatable bonds is 3. The van der Waals surface area contributed by atoms with Crippen LogP contribution in [-0.4, -0.2) is 19.8 Å². The van der Waals surface area contributed by atoms with E-state index in [1.165, 1.54) is 14.9 Å². The molecule has 0 aliphatic heterocycles. The molecule has 1 aromatic carbocycles. The highest BCUT2D eigenvalue weighted by atomic mass is 35.5. The van der Waals surface area contributed by atoms with E-state index in [0.717, 1.165) is 0 Å². The molecule has 6 heteroatoms. The first-order chi connectivity index (χ1) is 7.83. The summed E-state index contributed by atoms with van der Waals surface area (Å²) in [6.07, 6.45) is 1.62. The standard InChI is InChI=1S/C10H9ClN4O/c11-7-4-8-14-10(16)15(13-12-14)9-5-2-1-3-6-9/h1-7H,8H2/b7-4+. The fourth-order valence-electron chi connectivity index (χ4n) is 1.26. The zero-order chi connectivity index (χ0) is 11.4. The summed E-state index contributed by atoms with van der Waals surface area (Å²) in [6.45, 7) is 0.315. The summed E-state index contributed by atoms with van der Waals surface area (Å²) in [5.41, 5.74) is 1.74. The van der Waals surface area contributed by atoms with E-state index in [0.29, 0.717) is 12.2 Å².